The molecule has 1 aliphatic rings. The summed E-state index contributed by atoms with van der Waals surface area (Å²) in [7, 11) is 3.06. The summed E-state index contributed by atoms with van der Waals surface area (Å²) in [4.78, 5) is 40.4. The van der Waals surface area contributed by atoms with Crippen molar-refractivity contribution in [3.63, 3.8) is 0 Å². The van der Waals surface area contributed by atoms with E-state index in [-0.39, 0.29) is 18.4 Å². The van der Waals surface area contributed by atoms with Crippen molar-refractivity contribution < 1.29 is 28.6 Å². The van der Waals surface area contributed by atoms with Crippen molar-refractivity contribution >= 4 is 17.9 Å². The molecule has 0 bridgehead atoms. The highest BCUT2D eigenvalue weighted by Crippen LogP contribution is 2.28. The van der Waals surface area contributed by atoms with Crippen LogP contribution in [0.15, 0.2) is 18.2 Å². The monoisotopic (exact) mass is 421 g/mol. The van der Waals surface area contributed by atoms with Gasteiger partial charge in [-0.05, 0) is 45.4 Å². The standard InChI is InChI=1S/C21H31N3O6/c1-21(2,3)30-20(27)22-14-18(25)23-9-6-10-24(12-11-23)19(26)15-7-8-16(28-4)17(13-15)29-5/h7-8,13H,6,9-12,14H2,1-5H3,(H,22,27). The van der Waals surface area contributed by atoms with Crippen LogP contribution in [0.25, 0.3) is 0 Å². The molecule has 1 N–H and O–H groups in total. The van der Waals surface area contributed by atoms with E-state index in [0.29, 0.717) is 49.7 Å². The van der Waals surface area contributed by atoms with E-state index in [9.17, 15) is 14.4 Å². The van der Waals surface area contributed by atoms with Crippen LogP contribution in [-0.4, -0.2) is 80.3 Å². The summed E-state index contributed by atoms with van der Waals surface area (Å²) in [5, 5.41) is 2.48. The lowest BCUT2D eigenvalue weighted by atomic mass is 10.1. The third kappa shape index (κ3) is 6.53. The number of nitrogens with one attached hydrogen (secondary N) is 1. The van der Waals surface area contributed by atoms with Gasteiger partial charge in [0.25, 0.3) is 5.91 Å². The number of hydrogen-bond acceptors (Lipinski definition) is 6. The topological polar surface area (TPSA) is 97.4 Å². The molecule has 0 aromatic heterocycles. The molecule has 166 valence electrons. The van der Waals surface area contributed by atoms with E-state index in [2.05, 4.69) is 5.32 Å². The Morgan fingerprint density at radius 1 is 0.967 bits per heavy atom. The molecule has 9 heteroatoms. The normalized spacial score (nSPS) is 14.6. The molecule has 2 rings (SSSR count). The number of ether oxygens (including phenoxy) is 3. The number of rotatable bonds is 5. The molecule has 0 atom stereocenters. The summed E-state index contributed by atoms with van der Waals surface area (Å²) < 4.78 is 15.6. The second-order valence-electron chi connectivity index (χ2n) is 7.95. The summed E-state index contributed by atoms with van der Waals surface area (Å²) in [6.07, 6.45) is 0.0212. The van der Waals surface area contributed by atoms with Gasteiger partial charge < -0.3 is 29.3 Å². The zero-order valence-corrected chi connectivity index (χ0v) is 18.3. The Morgan fingerprint density at radius 2 is 1.60 bits per heavy atom. The number of hydrogen-bond donors (Lipinski definition) is 1. The van der Waals surface area contributed by atoms with E-state index in [1.807, 2.05) is 0 Å². The van der Waals surface area contributed by atoms with Crippen LogP contribution in [0.4, 0.5) is 4.79 Å². The van der Waals surface area contributed by atoms with E-state index in [1.165, 1.54) is 14.2 Å². The Kier molecular flexibility index (Phi) is 7.91. The minimum Gasteiger partial charge on any atom is -0.493 e. The first-order chi connectivity index (χ1) is 14.1. The van der Waals surface area contributed by atoms with Crippen molar-refractivity contribution in [2.24, 2.45) is 0 Å². The van der Waals surface area contributed by atoms with Crippen molar-refractivity contribution in [3.05, 3.63) is 23.8 Å². The van der Waals surface area contributed by atoms with Crippen LogP contribution in [0.5, 0.6) is 11.5 Å². The molecule has 0 unspecified atom stereocenters. The molecule has 1 aromatic rings. The Morgan fingerprint density at radius 3 is 2.23 bits per heavy atom. The third-order valence-electron chi connectivity index (χ3n) is 4.55. The first kappa shape index (κ1) is 23.3. The average molecular weight is 421 g/mol. The fraction of sp³-hybridized carbons (Fsp3) is 0.571. The summed E-state index contributed by atoms with van der Waals surface area (Å²) in [5.41, 5.74) is -0.125. The number of carbonyl (C=O) groups excluding carboxylic acids is 3. The lowest BCUT2D eigenvalue weighted by Crippen LogP contribution is -2.43. The summed E-state index contributed by atoms with van der Waals surface area (Å²) in [6, 6.07) is 5.05. The first-order valence-electron chi connectivity index (χ1n) is 9.90. The van der Waals surface area contributed by atoms with Crippen LogP contribution in [0, 0.1) is 0 Å². The molecule has 3 amide bonds. The number of methoxy groups -OCH3 is 2. The molecule has 1 heterocycles. The minimum atomic E-state index is -0.629. The fourth-order valence-corrected chi connectivity index (χ4v) is 3.10. The zero-order valence-electron chi connectivity index (χ0n) is 18.3. The molecule has 1 saturated heterocycles. The van der Waals surface area contributed by atoms with Crippen molar-refractivity contribution in [2.75, 3.05) is 46.9 Å². The van der Waals surface area contributed by atoms with E-state index < -0.39 is 11.7 Å². The predicted molar refractivity (Wildman–Crippen MR) is 111 cm³/mol. The number of benzene rings is 1. The summed E-state index contributed by atoms with van der Waals surface area (Å²) >= 11 is 0. The average Bonchev–Trinajstić information content (AvgIpc) is 2.96. The van der Waals surface area contributed by atoms with Gasteiger partial charge in [-0.2, -0.15) is 0 Å². The second-order valence-corrected chi connectivity index (χ2v) is 7.95. The van der Waals surface area contributed by atoms with E-state index >= 15 is 0 Å². The van der Waals surface area contributed by atoms with Crippen molar-refractivity contribution in [1.29, 1.82) is 0 Å². The molecular formula is C21H31N3O6. The molecule has 0 saturated carbocycles. The maximum Gasteiger partial charge on any atom is 0.408 e. The highest BCUT2D eigenvalue weighted by molar-refractivity contribution is 5.95. The van der Waals surface area contributed by atoms with Gasteiger partial charge in [-0.3, -0.25) is 9.59 Å². The minimum absolute atomic E-state index is 0.128. The summed E-state index contributed by atoms with van der Waals surface area (Å²) in [6.45, 7) is 6.99. The second kappa shape index (κ2) is 10.2. The number of nitrogens with zero attached hydrogens (tertiary/aromatic N) is 2. The van der Waals surface area contributed by atoms with E-state index in [4.69, 9.17) is 14.2 Å². The quantitative estimate of drug-likeness (QED) is 0.780. The van der Waals surface area contributed by atoms with Crippen LogP contribution in [-0.2, 0) is 9.53 Å². The molecule has 30 heavy (non-hydrogen) atoms. The van der Waals surface area contributed by atoms with Gasteiger partial charge in [-0.15, -0.1) is 0 Å². The molecule has 1 fully saturated rings. The molecule has 0 spiro atoms. The lowest BCUT2D eigenvalue weighted by molar-refractivity contribution is -0.130. The predicted octanol–water partition coefficient (Wildman–Crippen LogP) is 1.90. The highest BCUT2D eigenvalue weighted by atomic mass is 16.6. The van der Waals surface area contributed by atoms with Crippen LogP contribution in [0.2, 0.25) is 0 Å². The van der Waals surface area contributed by atoms with Gasteiger partial charge in [0.05, 0.1) is 14.2 Å². The maximum absolute atomic E-state index is 12.9. The van der Waals surface area contributed by atoms with E-state index in [0.717, 1.165) is 0 Å². The Balaban J connectivity index is 1.92. The highest BCUT2D eigenvalue weighted by Gasteiger charge is 2.24. The van der Waals surface area contributed by atoms with Gasteiger partial charge in [-0.1, -0.05) is 0 Å². The molecule has 1 aromatic carbocycles. The molecule has 1 aliphatic heterocycles. The first-order valence-corrected chi connectivity index (χ1v) is 9.90. The van der Waals surface area contributed by atoms with Crippen LogP contribution in [0.1, 0.15) is 37.6 Å². The molecule has 0 aliphatic carbocycles. The lowest BCUT2D eigenvalue weighted by Gasteiger charge is -2.23. The summed E-state index contributed by atoms with van der Waals surface area (Å²) in [5.74, 6) is 0.709. The van der Waals surface area contributed by atoms with Crippen molar-refractivity contribution in [1.82, 2.24) is 15.1 Å². The Hall–Kier alpha value is -2.97. The SMILES string of the molecule is COc1ccc(C(=O)N2CCCN(C(=O)CNC(=O)OC(C)(C)C)CC2)cc1OC. The number of amides is 3. The van der Waals surface area contributed by atoms with Gasteiger partial charge in [-0.25, -0.2) is 4.79 Å². The van der Waals surface area contributed by atoms with Gasteiger partial charge in [0.15, 0.2) is 11.5 Å². The smallest absolute Gasteiger partial charge is 0.408 e. The maximum atomic E-state index is 12.9. The molecule has 0 radical (unpaired) electrons. The molecule has 9 nitrogen and oxygen atoms in total. The van der Waals surface area contributed by atoms with Crippen LogP contribution < -0.4 is 14.8 Å². The van der Waals surface area contributed by atoms with Gasteiger partial charge in [0.1, 0.15) is 12.1 Å². The zero-order chi connectivity index (χ0) is 22.3. The van der Waals surface area contributed by atoms with Crippen LogP contribution in [0.3, 0.4) is 0 Å². The fourth-order valence-electron chi connectivity index (χ4n) is 3.10. The molecular weight excluding hydrogens is 390 g/mol. The third-order valence-corrected chi connectivity index (χ3v) is 4.55. The van der Waals surface area contributed by atoms with Gasteiger partial charge in [0, 0.05) is 31.7 Å². The number of carbonyl (C=O) groups is 3. The van der Waals surface area contributed by atoms with Crippen LogP contribution >= 0.6 is 0 Å². The van der Waals surface area contributed by atoms with Gasteiger partial charge >= 0.3 is 6.09 Å². The van der Waals surface area contributed by atoms with Gasteiger partial charge in [0.2, 0.25) is 5.91 Å². The Bertz CT molecular complexity index is 774. The number of alkyl carbamates (subject to hydrolysis) is 1. The largest absolute Gasteiger partial charge is 0.493 e. The van der Waals surface area contributed by atoms with E-state index in [1.54, 1.807) is 48.8 Å². The Labute approximate surface area is 177 Å². The van der Waals surface area contributed by atoms with Crippen molar-refractivity contribution in [3.8, 4) is 11.5 Å². The van der Waals surface area contributed by atoms with Crippen molar-refractivity contribution in [2.45, 2.75) is 32.8 Å².